The molecule has 0 heterocycles. The van der Waals surface area contributed by atoms with E-state index >= 15 is 0 Å². The fourth-order valence-electron chi connectivity index (χ4n) is 3.77. The van der Waals surface area contributed by atoms with Crippen molar-refractivity contribution >= 4 is 19.5 Å². The van der Waals surface area contributed by atoms with Crippen LogP contribution in [-0.2, 0) is 0 Å². The lowest BCUT2D eigenvalue weighted by atomic mass is 10.0. The standard InChI is InChI=1S/C16H33Cl.C12H27P/c1-2-3-4-5-6-7-8-9-10-11-12-13-14-15-16-17;1-4-7-10-13(11-8-5-2)12-9-6-3/h2-16H2,1H3;4-12H2,1-3H3. The van der Waals surface area contributed by atoms with Crippen LogP contribution in [0.2, 0.25) is 0 Å². The number of halogens is 1. The molecule has 184 valence electrons. The van der Waals surface area contributed by atoms with Crippen molar-refractivity contribution in [1.82, 2.24) is 0 Å². The average molecular weight is 463 g/mol. The van der Waals surface area contributed by atoms with Crippen LogP contribution < -0.4 is 0 Å². The molecule has 0 aromatic carbocycles. The quantitative estimate of drug-likeness (QED) is 0.0803. The highest BCUT2D eigenvalue weighted by Gasteiger charge is 2.05. The summed E-state index contributed by atoms with van der Waals surface area (Å²) >= 11 is 5.64. The third-order valence-corrected chi connectivity index (χ3v) is 9.08. The van der Waals surface area contributed by atoms with E-state index < -0.39 is 0 Å². The molecule has 0 radical (unpaired) electrons. The molecular formula is C28H60ClP. The van der Waals surface area contributed by atoms with E-state index in [2.05, 4.69) is 27.7 Å². The Kier molecular flexibility index (Phi) is 35.0. The van der Waals surface area contributed by atoms with Gasteiger partial charge in [-0.2, -0.15) is 0 Å². The summed E-state index contributed by atoms with van der Waals surface area (Å²) in [4.78, 5) is 0. The summed E-state index contributed by atoms with van der Waals surface area (Å²) in [5, 5.41) is 0. The molecule has 2 heteroatoms. The van der Waals surface area contributed by atoms with Gasteiger partial charge in [0, 0.05) is 5.88 Å². The molecule has 0 aliphatic heterocycles. The van der Waals surface area contributed by atoms with Crippen molar-refractivity contribution in [2.45, 2.75) is 156 Å². The Labute approximate surface area is 199 Å². The van der Waals surface area contributed by atoms with Crippen molar-refractivity contribution in [2.75, 3.05) is 24.4 Å². The van der Waals surface area contributed by atoms with E-state index in [0.717, 1.165) is 5.88 Å². The number of hydrogen-bond acceptors (Lipinski definition) is 0. The summed E-state index contributed by atoms with van der Waals surface area (Å²) in [7, 11) is 0.422. The maximum Gasteiger partial charge on any atom is 0.0223 e. The van der Waals surface area contributed by atoms with Crippen LogP contribution in [0.1, 0.15) is 156 Å². The second kappa shape index (κ2) is 31.9. The minimum atomic E-state index is 0.422. The van der Waals surface area contributed by atoms with Gasteiger partial charge >= 0.3 is 0 Å². The van der Waals surface area contributed by atoms with Crippen molar-refractivity contribution in [3.63, 3.8) is 0 Å². The zero-order chi connectivity index (χ0) is 22.5. The molecule has 0 saturated heterocycles. The molecule has 0 fully saturated rings. The molecular weight excluding hydrogens is 403 g/mol. The molecule has 0 aromatic rings. The minimum absolute atomic E-state index is 0.422. The van der Waals surface area contributed by atoms with E-state index in [4.69, 9.17) is 11.6 Å². The minimum Gasteiger partial charge on any atom is -0.127 e. The van der Waals surface area contributed by atoms with Gasteiger partial charge in [0.1, 0.15) is 0 Å². The largest absolute Gasteiger partial charge is 0.127 e. The predicted molar refractivity (Wildman–Crippen MR) is 147 cm³/mol. The predicted octanol–water partition coefficient (Wildman–Crippen LogP) is 11.6. The van der Waals surface area contributed by atoms with E-state index in [9.17, 15) is 0 Å². The molecule has 30 heavy (non-hydrogen) atoms. The van der Waals surface area contributed by atoms with Crippen molar-refractivity contribution in [2.24, 2.45) is 0 Å². The van der Waals surface area contributed by atoms with Crippen LogP contribution in [0.15, 0.2) is 0 Å². The van der Waals surface area contributed by atoms with Gasteiger partial charge in [-0.15, -0.1) is 19.5 Å². The van der Waals surface area contributed by atoms with E-state index in [-0.39, 0.29) is 0 Å². The summed E-state index contributed by atoms with van der Waals surface area (Å²) in [5.41, 5.74) is 0. The normalized spacial score (nSPS) is 11.0. The molecule has 0 atom stereocenters. The van der Waals surface area contributed by atoms with Crippen LogP contribution >= 0.6 is 19.5 Å². The van der Waals surface area contributed by atoms with Crippen molar-refractivity contribution in [3.05, 3.63) is 0 Å². The van der Waals surface area contributed by atoms with Crippen molar-refractivity contribution in [1.29, 1.82) is 0 Å². The van der Waals surface area contributed by atoms with E-state index in [1.165, 1.54) is 128 Å². The van der Waals surface area contributed by atoms with Gasteiger partial charge < -0.3 is 0 Å². The van der Waals surface area contributed by atoms with Crippen LogP contribution in [0.3, 0.4) is 0 Å². The van der Waals surface area contributed by atoms with Gasteiger partial charge in [0.25, 0.3) is 0 Å². The molecule has 0 bridgehead atoms. The van der Waals surface area contributed by atoms with Crippen molar-refractivity contribution < 1.29 is 0 Å². The summed E-state index contributed by atoms with van der Waals surface area (Å²) in [6.45, 7) is 9.22. The molecule has 0 N–H and O–H groups in total. The highest BCUT2D eigenvalue weighted by molar-refractivity contribution is 7.57. The first-order chi connectivity index (χ1) is 14.8. The van der Waals surface area contributed by atoms with Gasteiger partial charge in [-0.25, -0.2) is 0 Å². The Morgan fingerprint density at radius 1 is 0.367 bits per heavy atom. The smallest absolute Gasteiger partial charge is 0.0223 e. The molecule has 0 nitrogen and oxygen atoms in total. The fraction of sp³-hybridized carbons (Fsp3) is 1.00. The first-order valence-corrected chi connectivity index (χ1v) is 16.5. The van der Waals surface area contributed by atoms with E-state index in [1.807, 2.05) is 0 Å². The van der Waals surface area contributed by atoms with Gasteiger partial charge in [0.15, 0.2) is 0 Å². The maximum atomic E-state index is 5.64. The summed E-state index contributed by atoms with van der Waals surface area (Å²) in [5.74, 6) is 0.845. The summed E-state index contributed by atoms with van der Waals surface area (Å²) in [6, 6.07) is 0. The van der Waals surface area contributed by atoms with Gasteiger partial charge in [-0.05, 0) is 44.2 Å². The second-order valence-corrected chi connectivity index (χ2v) is 12.2. The number of alkyl halides is 1. The third-order valence-electron chi connectivity index (χ3n) is 5.97. The third kappa shape index (κ3) is 30.9. The van der Waals surface area contributed by atoms with Gasteiger partial charge in [0.05, 0.1) is 0 Å². The van der Waals surface area contributed by atoms with Crippen LogP contribution in [0.5, 0.6) is 0 Å². The molecule has 0 unspecified atom stereocenters. The zero-order valence-corrected chi connectivity index (χ0v) is 23.4. The Bertz CT molecular complexity index is 236. The SMILES string of the molecule is CCCCCCCCCCCCCCCCCl.CCCCP(CCCC)CCCC. The molecule has 0 aromatic heterocycles. The highest BCUT2D eigenvalue weighted by Crippen LogP contribution is 2.38. The number of unbranched alkanes of at least 4 members (excludes halogenated alkanes) is 16. The van der Waals surface area contributed by atoms with E-state index in [0.29, 0.717) is 7.92 Å². The van der Waals surface area contributed by atoms with Crippen molar-refractivity contribution in [3.8, 4) is 0 Å². The lowest BCUT2D eigenvalue weighted by Crippen LogP contribution is -1.95. The van der Waals surface area contributed by atoms with Crippen LogP contribution in [-0.4, -0.2) is 24.4 Å². The number of rotatable bonds is 23. The van der Waals surface area contributed by atoms with E-state index in [1.54, 1.807) is 18.5 Å². The molecule has 0 amide bonds. The Balaban J connectivity index is 0. The lowest BCUT2D eigenvalue weighted by Gasteiger charge is -2.16. The second-order valence-electron chi connectivity index (χ2n) is 9.19. The highest BCUT2D eigenvalue weighted by atomic mass is 35.5. The molecule has 0 saturated carbocycles. The zero-order valence-electron chi connectivity index (χ0n) is 21.8. The fourth-order valence-corrected chi connectivity index (χ4v) is 6.92. The van der Waals surface area contributed by atoms with Gasteiger partial charge in [-0.3, -0.25) is 0 Å². The van der Waals surface area contributed by atoms with Crippen LogP contribution in [0.25, 0.3) is 0 Å². The average Bonchev–Trinajstić information content (AvgIpc) is 2.77. The number of hydrogen-bond donors (Lipinski definition) is 0. The molecule has 0 aliphatic carbocycles. The molecule has 0 spiro atoms. The summed E-state index contributed by atoms with van der Waals surface area (Å²) in [6.07, 6.45) is 33.1. The molecule has 0 aliphatic rings. The van der Waals surface area contributed by atoms with Crippen LogP contribution in [0, 0.1) is 0 Å². The Morgan fingerprint density at radius 3 is 0.900 bits per heavy atom. The topological polar surface area (TPSA) is 0 Å². The first-order valence-electron chi connectivity index (χ1n) is 14.0. The van der Waals surface area contributed by atoms with Gasteiger partial charge in [0.2, 0.25) is 0 Å². The lowest BCUT2D eigenvalue weighted by molar-refractivity contribution is 0.538. The monoisotopic (exact) mass is 462 g/mol. The first kappa shape index (κ1) is 32.9. The van der Waals surface area contributed by atoms with Crippen LogP contribution in [0.4, 0.5) is 0 Å². The summed E-state index contributed by atoms with van der Waals surface area (Å²) < 4.78 is 0. The maximum absolute atomic E-state index is 5.64. The van der Waals surface area contributed by atoms with Gasteiger partial charge in [-0.1, -0.05) is 130 Å². The molecule has 0 rings (SSSR count). The Morgan fingerprint density at radius 2 is 0.633 bits per heavy atom. The Hall–Kier alpha value is 0.720.